The smallest absolute Gasteiger partial charge is 0.243 e. The number of hydrogen-bond donors (Lipinski definition) is 0. The number of para-hydroxylation sites is 1. The molecule has 3 nitrogen and oxygen atoms in total. The molecule has 0 amide bonds. The third-order valence-electron chi connectivity index (χ3n) is 3.73. The Morgan fingerprint density at radius 3 is 2.85 bits per heavy atom. The van der Waals surface area contributed by atoms with E-state index in [0.717, 1.165) is 10.9 Å². The second kappa shape index (κ2) is 5.04. The second-order valence-corrected chi connectivity index (χ2v) is 4.99. The fourth-order valence-corrected chi connectivity index (χ4v) is 2.62. The van der Waals surface area contributed by atoms with Crippen molar-refractivity contribution in [2.24, 2.45) is 5.92 Å². The van der Waals surface area contributed by atoms with E-state index in [9.17, 15) is 14.0 Å². The van der Waals surface area contributed by atoms with E-state index in [1.807, 2.05) is 29.2 Å². The van der Waals surface area contributed by atoms with Gasteiger partial charge in [0.1, 0.15) is 5.82 Å². The van der Waals surface area contributed by atoms with Gasteiger partial charge >= 0.3 is 0 Å². The van der Waals surface area contributed by atoms with Gasteiger partial charge in [-0.05, 0) is 18.6 Å². The molecule has 0 radical (unpaired) electrons. The van der Waals surface area contributed by atoms with Crippen LogP contribution < -0.4 is 4.90 Å². The molecule has 1 aromatic carbocycles. The van der Waals surface area contributed by atoms with Crippen LogP contribution in [0.25, 0.3) is 10.9 Å². The van der Waals surface area contributed by atoms with Crippen LogP contribution in [0, 0.1) is 17.2 Å². The molecule has 1 unspecified atom stereocenters. The maximum absolute atomic E-state index is 12.7. The van der Waals surface area contributed by atoms with Crippen LogP contribution in [0.1, 0.15) is 12.0 Å². The van der Waals surface area contributed by atoms with Crippen molar-refractivity contribution in [3.8, 4) is 6.07 Å². The predicted molar refractivity (Wildman–Crippen MR) is 72.8 cm³/mol. The van der Waals surface area contributed by atoms with Gasteiger partial charge in [0, 0.05) is 24.4 Å². The summed E-state index contributed by atoms with van der Waals surface area (Å²) in [4.78, 5) is 6.33. The lowest BCUT2D eigenvalue weighted by molar-refractivity contribution is 0.0880. The summed E-state index contributed by atoms with van der Waals surface area (Å²) in [6.07, 6.45) is -1.83. The highest BCUT2D eigenvalue weighted by molar-refractivity contribution is 5.86. The quantitative estimate of drug-likeness (QED) is 0.843. The number of rotatable bonds is 2. The van der Waals surface area contributed by atoms with Crippen LogP contribution in [0.15, 0.2) is 30.3 Å². The summed E-state index contributed by atoms with van der Waals surface area (Å²) in [6, 6.07) is 11.2. The number of alkyl halides is 2. The van der Waals surface area contributed by atoms with Crippen LogP contribution in [0.5, 0.6) is 0 Å². The van der Waals surface area contributed by atoms with E-state index >= 15 is 0 Å². The molecule has 0 N–H and O–H groups in total. The zero-order valence-corrected chi connectivity index (χ0v) is 10.8. The van der Waals surface area contributed by atoms with Crippen molar-refractivity contribution in [3.63, 3.8) is 0 Å². The predicted octanol–water partition coefficient (Wildman–Crippen LogP) is 3.20. The molecule has 1 aromatic heterocycles. The number of halogens is 2. The largest absolute Gasteiger partial charge is 0.356 e. The number of pyridine rings is 1. The Balaban J connectivity index is 1.99. The lowest BCUT2D eigenvalue weighted by atomic mass is 10.1. The van der Waals surface area contributed by atoms with Gasteiger partial charge < -0.3 is 4.90 Å². The van der Waals surface area contributed by atoms with Gasteiger partial charge in [-0.25, -0.2) is 13.8 Å². The van der Waals surface area contributed by atoms with Crippen molar-refractivity contribution in [3.05, 3.63) is 35.9 Å². The number of nitriles is 1. The molecule has 1 fully saturated rings. The van der Waals surface area contributed by atoms with Crippen LogP contribution in [-0.2, 0) is 0 Å². The minimum Gasteiger partial charge on any atom is -0.356 e. The van der Waals surface area contributed by atoms with Gasteiger partial charge in [0.05, 0.1) is 17.1 Å². The molecular weight excluding hydrogens is 260 g/mol. The van der Waals surface area contributed by atoms with Crippen LogP contribution in [0.3, 0.4) is 0 Å². The Labute approximate surface area is 115 Å². The molecule has 2 heterocycles. The number of fused-ring (bicyclic) bond motifs is 1. The summed E-state index contributed by atoms with van der Waals surface area (Å²) < 4.78 is 25.5. The highest BCUT2D eigenvalue weighted by Gasteiger charge is 2.30. The minimum atomic E-state index is -2.30. The minimum absolute atomic E-state index is 0.299. The molecule has 20 heavy (non-hydrogen) atoms. The first kappa shape index (κ1) is 12.8. The Bertz CT molecular complexity index is 678. The first-order chi connectivity index (χ1) is 9.69. The van der Waals surface area contributed by atoms with E-state index < -0.39 is 12.3 Å². The summed E-state index contributed by atoms with van der Waals surface area (Å²) in [5.41, 5.74) is 1.26. The molecule has 102 valence electrons. The third-order valence-corrected chi connectivity index (χ3v) is 3.73. The molecule has 0 aliphatic carbocycles. The topological polar surface area (TPSA) is 39.9 Å². The lowest BCUT2D eigenvalue weighted by Gasteiger charge is -2.18. The highest BCUT2D eigenvalue weighted by atomic mass is 19.3. The molecular formula is C15H13F2N3. The number of benzene rings is 1. The Kier molecular flexibility index (Phi) is 3.23. The molecule has 0 bridgehead atoms. The first-order valence-electron chi connectivity index (χ1n) is 6.52. The van der Waals surface area contributed by atoms with E-state index in [1.54, 1.807) is 6.07 Å². The molecule has 1 aliphatic rings. The summed E-state index contributed by atoms with van der Waals surface area (Å²) >= 11 is 0. The van der Waals surface area contributed by atoms with Crippen molar-refractivity contribution < 1.29 is 8.78 Å². The van der Waals surface area contributed by atoms with E-state index in [1.165, 1.54) is 0 Å². The van der Waals surface area contributed by atoms with Crippen LogP contribution >= 0.6 is 0 Å². The van der Waals surface area contributed by atoms with E-state index in [2.05, 4.69) is 11.1 Å². The molecule has 0 saturated carbocycles. The average molecular weight is 273 g/mol. The van der Waals surface area contributed by atoms with E-state index in [4.69, 9.17) is 0 Å². The lowest BCUT2D eigenvalue weighted by Crippen LogP contribution is -2.23. The maximum atomic E-state index is 12.7. The number of aromatic nitrogens is 1. The van der Waals surface area contributed by atoms with Crippen LogP contribution in [0.4, 0.5) is 14.6 Å². The normalized spacial score (nSPS) is 18.7. The van der Waals surface area contributed by atoms with Gasteiger partial charge in [0.2, 0.25) is 6.43 Å². The first-order valence-corrected chi connectivity index (χ1v) is 6.52. The van der Waals surface area contributed by atoms with Gasteiger partial charge in [-0.2, -0.15) is 5.26 Å². The van der Waals surface area contributed by atoms with Crippen molar-refractivity contribution in [2.45, 2.75) is 12.8 Å². The molecule has 3 rings (SSSR count). The van der Waals surface area contributed by atoms with Crippen molar-refractivity contribution >= 4 is 16.7 Å². The van der Waals surface area contributed by atoms with Gasteiger partial charge in [-0.1, -0.05) is 18.2 Å². The fraction of sp³-hybridized carbons (Fsp3) is 0.333. The second-order valence-electron chi connectivity index (χ2n) is 4.99. The van der Waals surface area contributed by atoms with Crippen molar-refractivity contribution in [1.29, 1.82) is 5.26 Å². The van der Waals surface area contributed by atoms with Crippen LogP contribution in [-0.4, -0.2) is 24.5 Å². The average Bonchev–Trinajstić information content (AvgIpc) is 2.96. The van der Waals surface area contributed by atoms with Crippen molar-refractivity contribution in [1.82, 2.24) is 4.98 Å². The Morgan fingerprint density at radius 2 is 2.15 bits per heavy atom. The standard InChI is InChI=1S/C15H13F2N3/c16-15(17)10-5-6-20(9-10)14-7-11(8-18)12-3-1-2-4-13(12)19-14/h1-4,7,10,15H,5-6,9H2. The molecule has 5 heteroatoms. The van der Waals surface area contributed by atoms with Gasteiger partial charge in [0.15, 0.2) is 0 Å². The summed E-state index contributed by atoms with van der Waals surface area (Å²) in [5.74, 6) is 0.0113. The Hall–Kier alpha value is -2.22. The maximum Gasteiger partial charge on any atom is 0.243 e. The molecule has 1 saturated heterocycles. The van der Waals surface area contributed by atoms with Gasteiger partial charge in [-0.3, -0.25) is 0 Å². The third kappa shape index (κ3) is 2.18. The number of anilines is 1. The highest BCUT2D eigenvalue weighted by Crippen LogP contribution is 2.29. The van der Waals surface area contributed by atoms with Crippen molar-refractivity contribution in [2.75, 3.05) is 18.0 Å². The van der Waals surface area contributed by atoms with Gasteiger partial charge in [-0.15, -0.1) is 0 Å². The Morgan fingerprint density at radius 1 is 1.35 bits per heavy atom. The molecule has 0 spiro atoms. The zero-order valence-electron chi connectivity index (χ0n) is 10.8. The fourth-order valence-electron chi connectivity index (χ4n) is 2.62. The summed E-state index contributed by atoms with van der Waals surface area (Å²) in [7, 11) is 0. The SMILES string of the molecule is N#Cc1cc(N2CCC(C(F)F)C2)nc2ccccc12. The summed E-state index contributed by atoms with van der Waals surface area (Å²) in [6.45, 7) is 0.860. The molecule has 1 atom stereocenters. The molecule has 2 aromatic rings. The van der Waals surface area contributed by atoms with Crippen LogP contribution in [0.2, 0.25) is 0 Å². The van der Waals surface area contributed by atoms with E-state index in [0.29, 0.717) is 30.9 Å². The summed E-state index contributed by atoms with van der Waals surface area (Å²) in [5, 5.41) is 10.0. The number of nitrogens with zero attached hydrogens (tertiary/aromatic N) is 3. The van der Waals surface area contributed by atoms with E-state index in [-0.39, 0.29) is 0 Å². The monoisotopic (exact) mass is 273 g/mol. The molecule has 1 aliphatic heterocycles. The zero-order chi connectivity index (χ0) is 14.1. The number of hydrogen-bond acceptors (Lipinski definition) is 3. The van der Waals surface area contributed by atoms with Gasteiger partial charge in [0.25, 0.3) is 0 Å².